The van der Waals surface area contributed by atoms with Crippen LogP contribution in [0.1, 0.15) is 36.0 Å². The second-order valence-corrected chi connectivity index (χ2v) is 6.24. The highest BCUT2D eigenvalue weighted by Crippen LogP contribution is 2.28. The molecule has 0 aliphatic heterocycles. The zero-order chi connectivity index (χ0) is 13.8. The molecule has 1 fully saturated rings. The SMILES string of the molecule is O=C(NCC1CCCCC1Cl)c1c(Cl)cccc1Cl. The summed E-state index contributed by atoms with van der Waals surface area (Å²) >= 11 is 18.3. The number of hydrogen-bond donors (Lipinski definition) is 1. The van der Waals surface area contributed by atoms with Gasteiger partial charge in [0, 0.05) is 11.9 Å². The van der Waals surface area contributed by atoms with Gasteiger partial charge in [-0.3, -0.25) is 4.79 Å². The lowest BCUT2D eigenvalue weighted by Crippen LogP contribution is -2.34. The largest absolute Gasteiger partial charge is 0.352 e. The second-order valence-electron chi connectivity index (χ2n) is 4.87. The molecule has 0 radical (unpaired) electrons. The summed E-state index contributed by atoms with van der Waals surface area (Å²) in [6, 6.07) is 5.04. The Bertz CT molecular complexity index is 444. The number of carbonyl (C=O) groups is 1. The number of benzene rings is 1. The summed E-state index contributed by atoms with van der Waals surface area (Å²) in [6.45, 7) is 0.578. The van der Waals surface area contributed by atoms with E-state index in [2.05, 4.69) is 5.32 Å². The number of amides is 1. The summed E-state index contributed by atoms with van der Waals surface area (Å²) in [7, 11) is 0. The first-order valence-electron chi connectivity index (χ1n) is 6.46. The van der Waals surface area contributed by atoms with Crippen LogP contribution in [0, 0.1) is 5.92 Å². The third-order valence-corrected chi connectivity index (χ3v) is 4.74. The van der Waals surface area contributed by atoms with Crippen molar-refractivity contribution in [3.8, 4) is 0 Å². The van der Waals surface area contributed by atoms with Crippen LogP contribution in [0.2, 0.25) is 10.0 Å². The Kier molecular flexibility index (Phi) is 5.37. The third-order valence-electron chi connectivity index (χ3n) is 3.53. The van der Waals surface area contributed by atoms with Gasteiger partial charge in [-0.25, -0.2) is 0 Å². The molecule has 0 bridgehead atoms. The molecule has 0 heterocycles. The minimum absolute atomic E-state index is 0.149. The predicted octanol–water partition coefficient (Wildman–Crippen LogP) is 4.52. The topological polar surface area (TPSA) is 29.1 Å². The Morgan fingerprint density at radius 1 is 1.21 bits per heavy atom. The number of halogens is 3. The van der Waals surface area contributed by atoms with Crippen LogP contribution in [0.5, 0.6) is 0 Å². The summed E-state index contributed by atoms with van der Waals surface area (Å²) < 4.78 is 0. The molecule has 19 heavy (non-hydrogen) atoms. The molecule has 0 aromatic heterocycles. The lowest BCUT2D eigenvalue weighted by molar-refractivity contribution is 0.0944. The number of carbonyl (C=O) groups excluding carboxylic acids is 1. The fraction of sp³-hybridized carbons (Fsp3) is 0.500. The summed E-state index contributed by atoms with van der Waals surface area (Å²) in [4.78, 5) is 12.1. The van der Waals surface area contributed by atoms with Gasteiger partial charge in [-0.1, -0.05) is 42.1 Å². The molecular weight excluding hydrogens is 305 g/mol. The fourth-order valence-corrected chi connectivity index (χ4v) is 3.36. The minimum Gasteiger partial charge on any atom is -0.352 e. The number of rotatable bonds is 3. The monoisotopic (exact) mass is 319 g/mol. The van der Waals surface area contributed by atoms with Crippen LogP contribution in [0.15, 0.2) is 18.2 Å². The summed E-state index contributed by atoms with van der Waals surface area (Å²) in [5.41, 5.74) is 0.341. The van der Waals surface area contributed by atoms with Gasteiger partial charge < -0.3 is 5.32 Å². The van der Waals surface area contributed by atoms with Crippen molar-refractivity contribution < 1.29 is 4.79 Å². The normalized spacial score (nSPS) is 23.1. The Morgan fingerprint density at radius 2 is 1.84 bits per heavy atom. The molecule has 1 saturated carbocycles. The van der Waals surface area contributed by atoms with Crippen LogP contribution in [0.25, 0.3) is 0 Å². The van der Waals surface area contributed by atoms with Crippen LogP contribution in [-0.2, 0) is 0 Å². The van der Waals surface area contributed by atoms with Crippen LogP contribution in [-0.4, -0.2) is 17.8 Å². The van der Waals surface area contributed by atoms with E-state index in [0.717, 1.165) is 12.8 Å². The molecule has 5 heteroatoms. The molecule has 2 atom stereocenters. The van der Waals surface area contributed by atoms with Gasteiger partial charge in [0.25, 0.3) is 5.91 Å². The number of alkyl halides is 1. The fourth-order valence-electron chi connectivity index (χ4n) is 2.42. The van der Waals surface area contributed by atoms with Gasteiger partial charge in [-0.2, -0.15) is 0 Å². The van der Waals surface area contributed by atoms with Crippen molar-refractivity contribution in [3.63, 3.8) is 0 Å². The zero-order valence-corrected chi connectivity index (χ0v) is 12.7. The van der Waals surface area contributed by atoms with E-state index in [1.54, 1.807) is 18.2 Å². The van der Waals surface area contributed by atoms with E-state index in [1.807, 2.05) is 0 Å². The van der Waals surface area contributed by atoms with E-state index < -0.39 is 0 Å². The van der Waals surface area contributed by atoms with Gasteiger partial charge in [0.05, 0.1) is 15.6 Å². The lowest BCUT2D eigenvalue weighted by atomic mass is 9.88. The maximum Gasteiger partial charge on any atom is 0.254 e. The van der Waals surface area contributed by atoms with Crippen molar-refractivity contribution in [3.05, 3.63) is 33.8 Å². The van der Waals surface area contributed by atoms with Crippen LogP contribution in [0.3, 0.4) is 0 Å². The highest BCUT2D eigenvalue weighted by Gasteiger charge is 2.24. The van der Waals surface area contributed by atoms with Gasteiger partial charge in [0.2, 0.25) is 0 Å². The molecule has 104 valence electrons. The highest BCUT2D eigenvalue weighted by atomic mass is 35.5. The standard InChI is InChI=1S/C14H16Cl3NO/c15-10-5-2-1-4-9(10)8-18-14(19)13-11(16)6-3-7-12(13)17/h3,6-7,9-10H,1-2,4-5,8H2,(H,18,19). The molecular formula is C14H16Cl3NO. The first-order chi connectivity index (χ1) is 9.09. The predicted molar refractivity (Wildman–Crippen MR) is 80.4 cm³/mol. The van der Waals surface area contributed by atoms with Crippen molar-refractivity contribution in [2.75, 3.05) is 6.54 Å². The van der Waals surface area contributed by atoms with Crippen molar-refractivity contribution >= 4 is 40.7 Å². The summed E-state index contributed by atoms with van der Waals surface area (Å²) in [6.07, 6.45) is 4.44. The van der Waals surface area contributed by atoms with Crippen LogP contribution < -0.4 is 5.32 Å². The zero-order valence-electron chi connectivity index (χ0n) is 10.5. The Morgan fingerprint density at radius 3 is 2.47 bits per heavy atom. The molecule has 1 aliphatic rings. The molecule has 2 rings (SSSR count). The van der Waals surface area contributed by atoms with Crippen molar-refractivity contribution in [2.45, 2.75) is 31.1 Å². The van der Waals surface area contributed by atoms with Gasteiger partial charge >= 0.3 is 0 Å². The first-order valence-corrected chi connectivity index (χ1v) is 7.65. The van der Waals surface area contributed by atoms with E-state index in [9.17, 15) is 4.79 Å². The average molecular weight is 321 g/mol. The quantitative estimate of drug-likeness (QED) is 0.815. The second kappa shape index (κ2) is 6.83. The average Bonchev–Trinajstić information content (AvgIpc) is 2.37. The minimum atomic E-state index is -0.231. The maximum absolute atomic E-state index is 12.1. The van der Waals surface area contributed by atoms with E-state index in [-0.39, 0.29) is 11.3 Å². The van der Waals surface area contributed by atoms with Gasteiger partial charge in [-0.15, -0.1) is 11.6 Å². The molecule has 1 aromatic carbocycles. The van der Waals surface area contributed by atoms with E-state index in [1.165, 1.54) is 12.8 Å². The lowest BCUT2D eigenvalue weighted by Gasteiger charge is -2.27. The van der Waals surface area contributed by atoms with Crippen LogP contribution >= 0.6 is 34.8 Å². The smallest absolute Gasteiger partial charge is 0.254 e. The third kappa shape index (κ3) is 3.77. The number of hydrogen-bond acceptors (Lipinski definition) is 1. The number of nitrogens with one attached hydrogen (secondary N) is 1. The van der Waals surface area contributed by atoms with Gasteiger partial charge in [0.15, 0.2) is 0 Å². The summed E-state index contributed by atoms with van der Waals surface area (Å²) in [5, 5.41) is 3.78. The molecule has 1 aliphatic carbocycles. The maximum atomic E-state index is 12.1. The Labute approximate surface area is 128 Å². The molecule has 2 nitrogen and oxygen atoms in total. The first kappa shape index (κ1) is 15.0. The van der Waals surface area contributed by atoms with E-state index >= 15 is 0 Å². The van der Waals surface area contributed by atoms with E-state index in [4.69, 9.17) is 34.8 Å². The van der Waals surface area contributed by atoms with Crippen molar-refractivity contribution in [2.24, 2.45) is 5.92 Å². The Balaban J connectivity index is 1.97. The molecule has 0 spiro atoms. The van der Waals surface area contributed by atoms with Gasteiger partial charge in [-0.05, 0) is 30.9 Å². The molecule has 2 unspecified atom stereocenters. The van der Waals surface area contributed by atoms with Crippen molar-refractivity contribution in [1.82, 2.24) is 5.32 Å². The van der Waals surface area contributed by atoms with Gasteiger partial charge in [0.1, 0.15) is 0 Å². The van der Waals surface area contributed by atoms with Crippen LogP contribution in [0.4, 0.5) is 0 Å². The molecule has 1 aromatic rings. The Hall–Kier alpha value is -0.440. The molecule has 0 saturated heterocycles. The van der Waals surface area contributed by atoms with E-state index in [0.29, 0.717) is 28.1 Å². The molecule has 1 N–H and O–H groups in total. The molecule has 1 amide bonds. The highest BCUT2D eigenvalue weighted by molar-refractivity contribution is 6.39. The summed E-state index contributed by atoms with van der Waals surface area (Å²) in [5.74, 6) is 0.102. The van der Waals surface area contributed by atoms with Crippen molar-refractivity contribution in [1.29, 1.82) is 0 Å².